The first-order valence-electron chi connectivity index (χ1n) is 12.4. The number of carboxylic acids is 1. The van der Waals surface area contributed by atoms with Crippen molar-refractivity contribution in [3.8, 4) is 11.3 Å². The highest BCUT2D eigenvalue weighted by Crippen LogP contribution is 2.46. The van der Waals surface area contributed by atoms with Gasteiger partial charge in [0, 0.05) is 30.1 Å². The summed E-state index contributed by atoms with van der Waals surface area (Å²) >= 11 is 1.46. The van der Waals surface area contributed by atoms with Crippen LogP contribution in [0.2, 0.25) is 0 Å². The Morgan fingerprint density at radius 2 is 1.89 bits per heavy atom. The second kappa shape index (κ2) is 9.70. The first-order valence-corrected chi connectivity index (χ1v) is 13.2. The molecule has 4 aromatic rings. The molecule has 1 aliphatic carbocycles. The standard InChI is InChI=1S/C27H24F3N3O4S/c28-27(29,30)20-4-2-1-3-18(20)23-19(24(37-32-23)15-5-6-15)14-36-17-9-11-33(12-10-17)26-31-21-8-7-16(25(34)35)13-22(21)38-26/h1-4,7-8,13,15,17H,5-6,9-12,14H2,(H,34,35). The van der Waals surface area contributed by atoms with E-state index in [1.165, 1.54) is 23.5 Å². The topological polar surface area (TPSA) is 88.7 Å². The van der Waals surface area contributed by atoms with Gasteiger partial charge in [0.2, 0.25) is 0 Å². The molecule has 2 aromatic heterocycles. The second-order valence-corrected chi connectivity index (χ2v) is 10.7. The Hall–Kier alpha value is -3.44. The number of nitrogens with zero attached hydrogens (tertiary/aromatic N) is 3. The molecule has 1 saturated carbocycles. The number of ether oxygens (including phenoxy) is 1. The molecule has 11 heteroatoms. The summed E-state index contributed by atoms with van der Waals surface area (Å²) in [6.45, 7) is 1.55. The molecule has 0 atom stereocenters. The quantitative estimate of drug-likeness (QED) is 0.276. The van der Waals surface area contributed by atoms with E-state index in [1.54, 1.807) is 24.3 Å². The van der Waals surface area contributed by atoms with E-state index in [0.29, 0.717) is 24.4 Å². The average Bonchev–Trinajstić information content (AvgIpc) is 3.51. The Labute approximate surface area is 219 Å². The summed E-state index contributed by atoms with van der Waals surface area (Å²) in [5.41, 5.74) is 1.07. The Morgan fingerprint density at radius 1 is 1.13 bits per heavy atom. The van der Waals surface area contributed by atoms with Crippen molar-refractivity contribution in [1.82, 2.24) is 10.1 Å². The van der Waals surface area contributed by atoms with Gasteiger partial charge in [-0.1, -0.05) is 34.7 Å². The number of anilines is 1. The average molecular weight is 544 g/mol. The summed E-state index contributed by atoms with van der Waals surface area (Å²) in [6.07, 6.45) is -1.25. The minimum absolute atomic E-state index is 0.00552. The van der Waals surface area contributed by atoms with Crippen LogP contribution in [0.15, 0.2) is 47.0 Å². The lowest BCUT2D eigenvalue weighted by molar-refractivity contribution is -0.137. The van der Waals surface area contributed by atoms with Crippen molar-refractivity contribution in [1.29, 1.82) is 0 Å². The molecule has 2 aromatic carbocycles. The lowest BCUT2D eigenvalue weighted by Gasteiger charge is -2.31. The van der Waals surface area contributed by atoms with E-state index in [1.807, 2.05) is 0 Å². The molecule has 38 heavy (non-hydrogen) atoms. The van der Waals surface area contributed by atoms with E-state index in [0.717, 1.165) is 47.1 Å². The zero-order chi connectivity index (χ0) is 26.4. The minimum Gasteiger partial charge on any atom is -0.478 e. The molecule has 0 unspecified atom stereocenters. The van der Waals surface area contributed by atoms with Crippen LogP contribution in [0.4, 0.5) is 18.3 Å². The van der Waals surface area contributed by atoms with E-state index < -0.39 is 17.7 Å². The number of hydrogen-bond donors (Lipinski definition) is 1. The summed E-state index contributed by atoms with van der Waals surface area (Å²) in [4.78, 5) is 18.1. The number of aromatic carboxylic acids is 1. The molecular formula is C27H24F3N3O4S. The maximum absolute atomic E-state index is 13.7. The van der Waals surface area contributed by atoms with Gasteiger partial charge in [0.1, 0.15) is 11.5 Å². The summed E-state index contributed by atoms with van der Waals surface area (Å²) in [7, 11) is 0. The molecule has 7 nitrogen and oxygen atoms in total. The van der Waals surface area contributed by atoms with E-state index in [4.69, 9.17) is 9.26 Å². The maximum Gasteiger partial charge on any atom is 0.417 e. The Morgan fingerprint density at radius 3 is 2.61 bits per heavy atom. The summed E-state index contributed by atoms with van der Waals surface area (Å²) < 4.78 is 53.7. The third-order valence-corrected chi connectivity index (χ3v) is 8.13. The van der Waals surface area contributed by atoms with Gasteiger partial charge in [-0.3, -0.25) is 0 Å². The van der Waals surface area contributed by atoms with Crippen molar-refractivity contribution in [3.05, 3.63) is 64.9 Å². The van der Waals surface area contributed by atoms with Crippen molar-refractivity contribution < 1.29 is 32.3 Å². The number of benzene rings is 2. The number of thiazole rings is 1. The molecule has 3 heterocycles. The number of aromatic nitrogens is 2. The number of piperidine rings is 1. The zero-order valence-electron chi connectivity index (χ0n) is 20.2. The Bertz CT molecular complexity index is 1490. The largest absolute Gasteiger partial charge is 0.478 e. The normalized spacial score (nSPS) is 16.9. The summed E-state index contributed by atoms with van der Waals surface area (Å²) in [6, 6.07) is 10.3. The van der Waals surface area contributed by atoms with Crippen LogP contribution in [0.3, 0.4) is 0 Å². The highest BCUT2D eigenvalue weighted by Gasteiger charge is 2.38. The van der Waals surface area contributed by atoms with E-state index in [-0.39, 0.29) is 35.4 Å². The molecule has 6 rings (SSSR count). The fraction of sp³-hybridized carbons (Fsp3) is 0.370. The van der Waals surface area contributed by atoms with E-state index >= 15 is 0 Å². The predicted octanol–water partition coefficient (Wildman–Crippen LogP) is 6.73. The van der Waals surface area contributed by atoms with Crippen LogP contribution in [0.1, 0.15) is 58.8 Å². The fourth-order valence-electron chi connectivity index (χ4n) is 4.87. The van der Waals surface area contributed by atoms with Gasteiger partial charge in [0.15, 0.2) is 5.13 Å². The zero-order valence-corrected chi connectivity index (χ0v) is 21.0. The van der Waals surface area contributed by atoms with Crippen molar-refractivity contribution in [2.24, 2.45) is 0 Å². The highest BCUT2D eigenvalue weighted by molar-refractivity contribution is 7.22. The van der Waals surface area contributed by atoms with Crippen molar-refractivity contribution in [3.63, 3.8) is 0 Å². The molecule has 1 N–H and O–H groups in total. The molecular weight excluding hydrogens is 519 g/mol. The van der Waals surface area contributed by atoms with Gasteiger partial charge in [-0.15, -0.1) is 0 Å². The van der Waals surface area contributed by atoms with Crippen LogP contribution in [-0.2, 0) is 17.5 Å². The monoisotopic (exact) mass is 543 g/mol. The first kappa shape index (κ1) is 24.9. The number of fused-ring (bicyclic) bond motifs is 1. The maximum atomic E-state index is 13.7. The van der Waals surface area contributed by atoms with Crippen LogP contribution in [-0.4, -0.2) is 40.4 Å². The molecule has 0 spiro atoms. The molecule has 1 saturated heterocycles. The lowest BCUT2D eigenvalue weighted by Crippen LogP contribution is -2.37. The SMILES string of the molecule is O=C(O)c1ccc2nc(N3CCC(OCc4c(-c5ccccc5C(F)(F)F)noc4C4CC4)CC3)sc2c1. The molecule has 0 amide bonds. The Balaban J connectivity index is 1.15. The van der Waals surface area contributed by atoms with Gasteiger partial charge < -0.3 is 19.3 Å². The van der Waals surface area contributed by atoms with Crippen molar-refractivity contribution in [2.45, 2.75) is 50.5 Å². The lowest BCUT2D eigenvalue weighted by atomic mass is 9.99. The fourth-order valence-corrected chi connectivity index (χ4v) is 5.93. The first-order chi connectivity index (χ1) is 18.3. The molecule has 198 valence electrons. The van der Waals surface area contributed by atoms with Gasteiger partial charge in [0.25, 0.3) is 0 Å². The van der Waals surface area contributed by atoms with E-state index in [9.17, 15) is 23.1 Å². The van der Waals surface area contributed by atoms with E-state index in [2.05, 4.69) is 15.0 Å². The van der Waals surface area contributed by atoms with Crippen LogP contribution in [0.5, 0.6) is 0 Å². The number of rotatable bonds is 7. The second-order valence-electron chi connectivity index (χ2n) is 9.67. The third kappa shape index (κ3) is 4.88. The predicted molar refractivity (Wildman–Crippen MR) is 136 cm³/mol. The molecule has 1 aliphatic heterocycles. The van der Waals surface area contributed by atoms with Gasteiger partial charge in [-0.25, -0.2) is 9.78 Å². The number of alkyl halides is 3. The molecule has 0 bridgehead atoms. The minimum atomic E-state index is -4.50. The van der Waals surface area contributed by atoms with Gasteiger partial charge in [-0.2, -0.15) is 13.2 Å². The van der Waals surface area contributed by atoms with Crippen LogP contribution in [0, 0.1) is 0 Å². The molecule has 2 fully saturated rings. The number of halogens is 3. The van der Waals surface area contributed by atoms with Crippen LogP contribution < -0.4 is 4.90 Å². The number of carboxylic acid groups (broad SMARTS) is 1. The van der Waals surface area contributed by atoms with Gasteiger partial charge in [-0.05, 0) is 49.9 Å². The van der Waals surface area contributed by atoms with Crippen molar-refractivity contribution in [2.75, 3.05) is 18.0 Å². The molecule has 2 aliphatic rings. The van der Waals surface area contributed by atoms with Gasteiger partial charge in [0.05, 0.1) is 34.1 Å². The van der Waals surface area contributed by atoms with Crippen LogP contribution >= 0.6 is 11.3 Å². The number of carbonyl (C=O) groups is 1. The molecule has 0 radical (unpaired) electrons. The number of hydrogen-bond acceptors (Lipinski definition) is 7. The highest BCUT2D eigenvalue weighted by atomic mass is 32.1. The van der Waals surface area contributed by atoms with Gasteiger partial charge >= 0.3 is 12.1 Å². The summed E-state index contributed by atoms with van der Waals surface area (Å²) in [5, 5.41) is 14.1. The van der Waals surface area contributed by atoms with Crippen molar-refractivity contribution >= 4 is 32.7 Å². The van der Waals surface area contributed by atoms with Crippen LogP contribution in [0.25, 0.3) is 21.5 Å². The smallest absolute Gasteiger partial charge is 0.417 e. The third-order valence-electron chi connectivity index (χ3n) is 7.05. The Kier molecular flexibility index (Phi) is 6.35. The summed E-state index contributed by atoms with van der Waals surface area (Å²) in [5.74, 6) is -0.164.